The standard InChI is InChI=1S/C23H26N6O4/c1-29-12-10-23(32,21(29)31)20-13-18(28-33-20)15-7-4-6-14(25-15)16-9-11-24-22(26-16)27-17-5-2-3-8-19(17)30/h4,6-7,9,11,13,17,19,30,32H,2-3,5,8,10,12H2,1H3,(H,24,26,27)/t17-,19+,23+/m0/s1. The highest BCUT2D eigenvalue weighted by Crippen LogP contribution is 2.34. The number of aliphatic hydroxyl groups excluding tert-OH is 1. The molecule has 3 aromatic heterocycles. The Kier molecular flexibility index (Phi) is 5.55. The summed E-state index contributed by atoms with van der Waals surface area (Å²) in [5.41, 5.74) is 0.479. The second-order valence-corrected chi connectivity index (χ2v) is 8.69. The molecule has 0 bridgehead atoms. The zero-order valence-corrected chi connectivity index (χ0v) is 18.3. The summed E-state index contributed by atoms with van der Waals surface area (Å²) in [4.78, 5) is 27.3. The molecule has 3 aromatic rings. The van der Waals surface area contributed by atoms with Crippen LogP contribution in [0.2, 0.25) is 0 Å². The third-order valence-electron chi connectivity index (χ3n) is 6.40. The Morgan fingerprint density at radius 2 is 1.88 bits per heavy atom. The molecule has 172 valence electrons. The Balaban J connectivity index is 1.38. The number of amides is 1. The molecule has 1 aliphatic carbocycles. The number of carbonyl (C=O) groups is 1. The average Bonchev–Trinajstić information content (AvgIpc) is 3.43. The molecule has 1 aliphatic heterocycles. The van der Waals surface area contributed by atoms with E-state index in [4.69, 9.17) is 4.52 Å². The lowest BCUT2D eigenvalue weighted by atomic mass is 9.93. The van der Waals surface area contributed by atoms with Crippen molar-refractivity contribution in [3.8, 4) is 22.8 Å². The lowest BCUT2D eigenvalue weighted by Gasteiger charge is -2.28. The number of rotatable bonds is 5. The fraction of sp³-hybridized carbons (Fsp3) is 0.435. The first-order valence-electron chi connectivity index (χ1n) is 11.1. The van der Waals surface area contributed by atoms with Gasteiger partial charge in [0.1, 0.15) is 5.69 Å². The molecule has 0 unspecified atom stereocenters. The summed E-state index contributed by atoms with van der Waals surface area (Å²) in [5.74, 6) is 0.148. The quantitative estimate of drug-likeness (QED) is 0.532. The van der Waals surface area contributed by atoms with Crippen LogP contribution in [-0.2, 0) is 10.4 Å². The van der Waals surface area contributed by atoms with Gasteiger partial charge in [0.2, 0.25) is 11.5 Å². The number of nitrogens with one attached hydrogen (secondary N) is 1. The number of aromatic nitrogens is 4. The molecule has 3 atom stereocenters. The van der Waals surface area contributed by atoms with Crippen molar-refractivity contribution >= 4 is 11.9 Å². The van der Waals surface area contributed by atoms with Gasteiger partial charge in [-0.3, -0.25) is 4.79 Å². The molecule has 2 aliphatic rings. The summed E-state index contributed by atoms with van der Waals surface area (Å²) < 4.78 is 5.34. The lowest BCUT2D eigenvalue weighted by Crippen LogP contribution is -2.36. The van der Waals surface area contributed by atoms with Gasteiger partial charge in [-0.2, -0.15) is 0 Å². The maximum absolute atomic E-state index is 12.3. The highest BCUT2D eigenvalue weighted by atomic mass is 16.5. The molecule has 0 aromatic carbocycles. The van der Waals surface area contributed by atoms with Gasteiger partial charge in [-0.1, -0.05) is 24.1 Å². The summed E-state index contributed by atoms with van der Waals surface area (Å²) >= 11 is 0. The topological polar surface area (TPSA) is 138 Å². The van der Waals surface area contributed by atoms with Crippen LogP contribution in [0.3, 0.4) is 0 Å². The van der Waals surface area contributed by atoms with Crippen molar-refractivity contribution < 1.29 is 19.5 Å². The van der Waals surface area contributed by atoms with E-state index in [-0.39, 0.29) is 18.2 Å². The third-order valence-corrected chi connectivity index (χ3v) is 6.40. The summed E-state index contributed by atoms with van der Waals surface area (Å²) in [7, 11) is 1.64. The van der Waals surface area contributed by atoms with Crippen molar-refractivity contribution in [2.45, 2.75) is 49.9 Å². The van der Waals surface area contributed by atoms with Gasteiger partial charge in [-0.15, -0.1) is 0 Å². The third kappa shape index (κ3) is 4.07. The second kappa shape index (κ2) is 8.53. The number of nitrogens with zero attached hydrogens (tertiary/aromatic N) is 5. The number of likely N-dealkylation sites (N-methyl/N-ethyl adjacent to an activating group) is 1. The predicted octanol–water partition coefficient (Wildman–Crippen LogP) is 1.96. The van der Waals surface area contributed by atoms with Crippen molar-refractivity contribution in [2.75, 3.05) is 18.9 Å². The minimum Gasteiger partial charge on any atom is -0.391 e. The lowest BCUT2D eigenvalue weighted by molar-refractivity contribution is -0.144. The Labute approximate surface area is 190 Å². The summed E-state index contributed by atoms with van der Waals surface area (Å²) in [6, 6.07) is 8.69. The average molecular weight is 450 g/mol. The molecule has 4 heterocycles. The zero-order valence-electron chi connectivity index (χ0n) is 18.3. The number of pyridine rings is 1. The SMILES string of the molecule is CN1CC[C@@](O)(c2cc(-c3cccc(-c4ccnc(N[C@H]5CCCC[C@H]5O)n4)n3)no2)C1=O. The Hall–Kier alpha value is -3.37. The maximum Gasteiger partial charge on any atom is 0.262 e. The van der Waals surface area contributed by atoms with E-state index in [1.807, 2.05) is 12.1 Å². The van der Waals surface area contributed by atoms with E-state index in [2.05, 4.69) is 25.4 Å². The maximum atomic E-state index is 12.3. The molecule has 1 saturated heterocycles. The van der Waals surface area contributed by atoms with Crippen LogP contribution in [0.4, 0.5) is 5.95 Å². The van der Waals surface area contributed by atoms with E-state index in [1.165, 1.54) is 4.90 Å². The zero-order chi connectivity index (χ0) is 23.0. The van der Waals surface area contributed by atoms with Gasteiger partial charge >= 0.3 is 0 Å². The van der Waals surface area contributed by atoms with Crippen LogP contribution in [0.1, 0.15) is 37.9 Å². The van der Waals surface area contributed by atoms with Crippen LogP contribution in [0.5, 0.6) is 0 Å². The number of likely N-dealkylation sites (tertiary alicyclic amines) is 1. The summed E-state index contributed by atoms with van der Waals surface area (Å²) in [6.07, 6.45) is 5.24. The van der Waals surface area contributed by atoms with Gasteiger partial charge in [0.25, 0.3) is 5.91 Å². The largest absolute Gasteiger partial charge is 0.391 e. The molecule has 1 amide bonds. The van der Waals surface area contributed by atoms with E-state index >= 15 is 0 Å². The van der Waals surface area contributed by atoms with Gasteiger partial charge < -0.3 is 25.0 Å². The van der Waals surface area contributed by atoms with Gasteiger partial charge in [0.15, 0.2) is 5.76 Å². The van der Waals surface area contributed by atoms with Gasteiger partial charge in [0, 0.05) is 32.3 Å². The second-order valence-electron chi connectivity index (χ2n) is 8.69. The van der Waals surface area contributed by atoms with E-state index < -0.39 is 17.6 Å². The number of carbonyl (C=O) groups excluding carboxylic acids is 1. The Bertz CT molecular complexity index is 1170. The molecule has 2 fully saturated rings. The highest BCUT2D eigenvalue weighted by molar-refractivity contribution is 5.87. The van der Waals surface area contributed by atoms with E-state index in [9.17, 15) is 15.0 Å². The molecule has 33 heavy (non-hydrogen) atoms. The number of hydrogen-bond acceptors (Lipinski definition) is 9. The fourth-order valence-electron chi connectivity index (χ4n) is 4.41. The van der Waals surface area contributed by atoms with Crippen LogP contribution in [-0.4, -0.2) is 66.9 Å². The minimum absolute atomic E-state index is 0.0648. The van der Waals surface area contributed by atoms with E-state index in [1.54, 1.807) is 31.4 Å². The minimum atomic E-state index is -1.70. The van der Waals surface area contributed by atoms with E-state index in [0.717, 1.165) is 25.7 Å². The van der Waals surface area contributed by atoms with Crippen molar-refractivity contribution in [2.24, 2.45) is 0 Å². The molecular weight excluding hydrogens is 424 g/mol. The number of anilines is 1. The normalized spacial score (nSPS) is 25.4. The molecule has 5 rings (SSSR count). The van der Waals surface area contributed by atoms with Crippen molar-refractivity contribution in [3.05, 3.63) is 42.3 Å². The Morgan fingerprint density at radius 3 is 2.64 bits per heavy atom. The number of hydrogen-bond donors (Lipinski definition) is 3. The first kappa shape index (κ1) is 21.5. The predicted molar refractivity (Wildman–Crippen MR) is 119 cm³/mol. The van der Waals surface area contributed by atoms with Crippen molar-refractivity contribution in [1.29, 1.82) is 0 Å². The van der Waals surface area contributed by atoms with Crippen LogP contribution >= 0.6 is 0 Å². The van der Waals surface area contributed by atoms with Gasteiger partial charge in [0.05, 0.1) is 29.2 Å². The summed E-state index contributed by atoms with van der Waals surface area (Å²) in [5, 5.41) is 28.3. The molecule has 10 heteroatoms. The van der Waals surface area contributed by atoms with Crippen LogP contribution in [0.15, 0.2) is 41.1 Å². The van der Waals surface area contributed by atoms with Crippen LogP contribution in [0.25, 0.3) is 22.8 Å². The summed E-state index contributed by atoms with van der Waals surface area (Å²) in [6.45, 7) is 0.446. The molecular formula is C23H26N6O4. The first-order chi connectivity index (χ1) is 15.9. The molecule has 1 saturated carbocycles. The number of aliphatic hydroxyl groups is 2. The van der Waals surface area contributed by atoms with E-state index in [0.29, 0.717) is 35.3 Å². The van der Waals surface area contributed by atoms with Crippen molar-refractivity contribution in [1.82, 2.24) is 25.0 Å². The van der Waals surface area contributed by atoms with Crippen LogP contribution < -0.4 is 5.32 Å². The Morgan fingerprint density at radius 1 is 1.12 bits per heavy atom. The highest BCUT2D eigenvalue weighted by Gasteiger charge is 2.48. The van der Waals surface area contributed by atoms with Gasteiger partial charge in [-0.25, -0.2) is 15.0 Å². The monoisotopic (exact) mass is 450 g/mol. The van der Waals surface area contributed by atoms with Crippen LogP contribution in [0, 0.1) is 0 Å². The fourth-order valence-corrected chi connectivity index (χ4v) is 4.41. The molecule has 10 nitrogen and oxygen atoms in total. The van der Waals surface area contributed by atoms with Gasteiger partial charge in [-0.05, 0) is 31.0 Å². The molecule has 3 N–H and O–H groups in total. The molecule has 0 spiro atoms. The smallest absolute Gasteiger partial charge is 0.262 e. The molecule has 0 radical (unpaired) electrons. The van der Waals surface area contributed by atoms with Crippen molar-refractivity contribution in [3.63, 3.8) is 0 Å². The first-order valence-corrected chi connectivity index (χ1v) is 11.1.